The summed E-state index contributed by atoms with van der Waals surface area (Å²) in [6.07, 6.45) is 9.50. The molecule has 2 aliphatic heterocycles. The van der Waals surface area contributed by atoms with E-state index in [9.17, 15) is 19.2 Å². The summed E-state index contributed by atoms with van der Waals surface area (Å²) in [6, 6.07) is 35.0. The van der Waals surface area contributed by atoms with Gasteiger partial charge in [-0.25, -0.2) is 9.98 Å². The Labute approximate surface area is 410 Å². The van der Waals surface area contributed by atoms with Gasteiger partial charge >= 0.3 is 0 Å². The lowest BCUT2D eigenvalue weighted by molar-refractivity contribution is -0.136. The number of likely N-dealkylation sites (tertiary alicyclic amines) is 2. The second kappa shape index (κ2) is 23.8. The van der Waals surface area contributed by atoms with Gasteiger partial charge in [0.2, 0.25) is 23.6 Å². The van der Waals surface area contributed by atoms with Gasteiger partial charge in [-0.2, -0.15) is 0 Å². The number of hydrogen-bond acceptors (Lipinski definition) is 9. The first-order valence-electron chi connectivity index (χ1n) is 23.5. The van der Waals surface area contributed by atoms with Crippen molar-refractivity contribution in [2.45, 2.75) is 69.5 Å². The minimum Gasteiger partial charge on any atom is -0.340 e. The van der Waals surface area contributed by atoms with Crippen molar-refractivity contribution in [2.24, 2.45) is 4.99 Å². The standard InChI is InChI=1S/C55H63N7O4S2/c1-7-48(67-38(2)46-20-14-32-61(46)55(66)52(44-18-12-9-13-19-44)58-51(64)31-35-60(5)6)42-26-22-39(23-27-42)40-24-28-43(29-25-40)49-37-57-53(68-49)47-21-15-33-62(47)54(65)45(41-16-10-8-11-17-41)36-56-50(63)30-34-59(3)4/h7-13,16-19,22-29,36-37,45-47,52H,2,14-15,20-21,30-35H2,1,3-6H3,(H,58,64)/b48-7-,56-36?/t45-,46-,47-,52+/m0/s1. The predicted molar refractivity (Wildman–Crippen MR) is 278 cm³/mol. The molecule has 2 aliphatic rings. The van der Waals surface area contributed by atoms with E-state index < -0.39 is 12.0 Å². The van der Waals surface area contributed by atoms with Crippen LogP contribution in [0.25, 0.3) is 26.5 Å². The predicted octanol–water partition coefficient (Wildman–Crippen LogP) is 9.88. The molecule has 0 unspecified atom stereocenters. The number of benzene rings is 4. The number of nitrogens with one attached hydrogen (secondary N) is 1. The molecule has 2 fully saturated rings. The highest BCUT2D eigenvalue weighted by atomic mass is 32.2. The molecule has 0 aliphatic carbocycles. The highest BCUT2D eigenvalue weighted by Crippen LogP contribution is 2.41. The largest absolute Gasteiger partial charge is 0.340 e. The van der Waals surface area contributed by atoms with E-state index in [0.29, 0.717) is 39.0 Å². The lowest BCUT2D eigenvalue weighted by Gasteiger charge is -2.31. The molecule has 0 bridgehead atoms. The highest BCUT2D eigenvalue weighted by molar-refractivity contribution is 8.11. The molecule has 0 spiro atoms. The number of rotatable bonds is 19. The van der Waals surface area contributed by atoms with Crippen LogP contribution >= 0.6 is 23.1 Å². The molecular weight excluding hydrogens is 887 g/mol. The van der Waals surface area contributed by atoms with Gasteiger partial charge in [-0.1, -0.05) is 134 Å². The van der Waals surface area contributed by atoms with Gasteiger partial charge in [0.25, 0.3) is 0 Å². The molecule has 5 aromatic rings. The molecule has 4 aromatic carbocycles. The van der Waals surface area contributed by atoms with E-state index in [-0.39, 0.29) is 35.7 Å². The average Bonchev–Trinajstić information content (AvgIpc) is 4.17. The number of carbonyl (C=O) groups is 4. The van der Waals surface area contributed by atoms with Crippen LogP contribution in [0.5, 0.6) is 0 Å². The molecule has 7 rings (SSSR count). The summed E-state index contributed by atoms with van der Waals surface area (Å²) in [6.45, 7) is 8.94. The van der Waals surface area contributed by atoms with E-state index in [1.165, 1.54) is 6.21 Å². The van der Waals surface area contributed by atoms with Crippen molar-refractivity contribution >= 4 is 57.8 Å². The molecule has 354 valence electrons. The van der Waals surface area contributed by atoms with Crippen LogP contribution in [-0.2, 0) is 19.2 Å². The fraction of sp³-hybridized carbons (Fsp3) is 0.345. The van der Waals surface area contributed by atoms with E-state index in [2.05, 4.69) is 71.5 Å². The van der Waals surface area contributed by atoms with Gasteiger partial charge in [-0.15, -0.1) is 11.3 Å². The van der Waals surface area contributed by atoms with Gasteiger partial charge in [-0.05, 0) is 94.2 Å². The molecule has 13 heteroatoms. The fourth-order valence-corrected chi connectivity index (χ4v) is 10.8. The van der Waals surface area contributed by atoms with Crippen molar-refractivity contribution in [1.29, 1.82) is 0 Å². The Balaban J connectivity index is 0.985. The number of hydrogen-bond donors (Lipinski definition) is 1. The Morgan fingerprint density at radius 2 is 1.37 bits per heavy atom. The Hall–Kier alpha value is -5.99. The van der Waals surface area contributed by atoms with Crippen LogP contribution < -0.4 is 5.32 Å². The summed E-state index contributed by atoms with van der Waals surface area (Å²) in [5.41, 5.74) is 5.88. The number of thiazole rings is 1. The first-order valence-corrected chi connectivity index (χ1v) is 25.1. The van der Waals surface area contributed by atoms with E-state index in [1.807, 2.05) is 122 Å². The number of carbonyl (C=O) groups excluding carboxylic acids is 4. The SMILES string of the molecule is C=C(S/C(=C\C)c1ccc(-c2ccc(-c3cnc([C@@H]4CCCN4C(=O)[C@@H](C=NC(=O)CCN(C)C)c4ccccc4)s3)cc2)cc1)[C@@H]1CCCN1C(=O)[C@H](NC(=O)CCN(C)C)c1ccccc1. The van der Waals surface area contributed by atoms with Crippen LogP contribution in [0.3, 0.4) is 0 Å². The van der Waals surface area contributed by atoms with E-state index in [0.717, 1.165) is 78.8 Å². The summed E-state index contributed by atoms with van der Waals surface area (Å²) < 4.78 is 0. The average molecular weight is 950 g/mol. The molecule has 0 saturated carbocycles. The van der Waals surface area contributed by atoms with E-state index >= 15 is 0 Å². The normalized spacial score (nSPS) is 17.2. The topological polar surface area (TPSA) is 119 Å². The third kappa shape index (κ3) is 12.8. The minimum atomic E-state index is -0.769. The monoisotopic (exact) mass is 949 g/mol. The number of thioether (sulfide) groups is 1. The van der Waals surface area contributed by atoms with Crippen LogP contribution in [-0.4, -0.2) is 115 Å². The molecular formula is C55H63N7O4S2. The van der Waals surface area contributed by atoms with Gasteiger partial charge in [0.05, 0.1) is 22.9 Å². The van der Waals surface area contributed by atoms with Crippen molar-refractivity contribution in [1.82, 2.24) is 29.9 Å². The summed E-state index contributed by atoms with van der Waals surface area (Å²) >= 11 is 3.22. The first kappa shape index (κ1) is 49.9. The Morgan fingerprint density at radius 1 is 0.779 bits per heavy atom. The Kier molecular flexibility index (Phi) is 17.5. The molecule has 11 nitrogen and oxygen atoms in total. The van der Waals surface area contributed by atoms with Crippen LogP contribution in [0.1, 0.15) is 85.1 Å². The quantitative estimate of drug-likeness (QED) is 0.0814. The molecule has 0 radical (unpaired) electrons. The van der Waals surface area contributed by atoms with E-state index in [4.69, 9.17) is 4.98 Å². The second-order valence-corrected chi connectivity index (χ2v) is 20.1. The van der Waals surface area contributed by atoms with Crippen molar-refractivity contribution in [3.05, 3.63) is 155 Å². The third-order valence-corrected chi connectivity index (χ3v) is 14.8. The molecule has 68 heavy (non-hydrogen) atoms. The summed E-state index contributed by atoms with van der Waals surface area (Å²) in [7, 11) is 7.69. The maximum Gasteiger partial charge on any atom is 0.250 e. The number of nitrogens with zero attached hydrogens (tertiary/aromatic N) is 6. The maximum atomic E-state index is 14.3. The molecule has 1 aromatic heterocycles. The van der Waals surface area contributed by atoms with Gasteiger partial charge in [0.15, 0.2) is 0 Å². The second-order valence-electron chi connectivity index (χ2n) is 17.9. The van der Waals surface area contributed by atoms with Crippen molar-refractivity contribution in [3.8, 4) is 21.6 Å². The van der Waals surface area contributed by atoms with Gasteiger partial charge in [-0.3, -0.25) is 19.2 Å². The number of amides is 4. The fourth-order valence-electron chi connectivity index (χ4n) is 8.71. The van der Waals surface area contributed by atoms with Gasteiger partial charge < -0.3 is 24.9 Å². The zero-order valence-electron chi connectivity index (χ0n) is 39.8. The maximum absolute atomic E-state index is 14.3. The number of aromatic nitrogens is 1. The zero-order chi connectivity index (χ0) is 48.2. The Bertz CT molecular complexity index is 2580. The zero-order valence-corrected chi connectivity index (χ0v) is 41.5. The summed E-state index contributed by atoms with van der Waals surface area (Å²) in [5.74, 6) is -1.24. The smallest absolute Gasteiger partial charge is 0.250 e. The molecule has 1 N–H and O–H groups in total. The van der Waals surface area contributed by atoms with Crippen LogP contribution in [0.4, 0.5) is 0 Å². The van der Waals surface area contributed by atoms with E-state index in [1.54, 1.807) is 23.1 Å². The number of aliphatic imine (C=N–C) groups is 1. The van der Waals surface area contributed by atoms with Gasteiger partial charge in [0, 0.05) is 61.2 Å². The Morgan fingerprint density at radius 3 is 2.01 bits per heavy atom. The molecule has 4 atom stereocenters. The minimum absolute atomic E-state index is 0.0702. The lowest BCUT2D eigenvalue weighted by Crippen LogP contribution is -2.45. The molecule has 3 heterocycles. The first-order chi connectivity index (χ1) is 32.9. The van der Waals surface area contributed by atoms with Crippen LogP contribution in [0, 0.1) is 0 Å². The van der Waals surface area contributed by atoms with Crippen LogP contribution in [0.15, 0.2) is 138 Å². The van der Waals surface area contributed by atoms with Crippen molar-refractivity contribution < 1.29 is 19.2 Å². The lowest BCUT2D eigenvalue weighted by atomic mass is 9.98. The van der Waals surface area contributed by atoms with Crippen molar-refractivity contribution in [2.75, 3.05) is 54.4 Å². The third-order valence-electron chi connectivity index (χ3n) is 12.5. The van der Waals surface area contributed by atoms with Crippen LogP contribution in [0.2, 0.25) is 0 Å². The molecule has 4 amide bonds. The summed E-state index contributed by atoms with van der Waals surface area (Å²) in [5, 5.41) is 3.94. The van der Waals surface area contributed by atoms with Gasteiger partial charge in [0.1, 0.15) is 11.0 Å². The molecule has 2 saturated heterocycles. The van der Waals surface area contributed by atoms with Crippen molar-refractivity contribution in [3.63, 3.8) is 0 Å². The number of allylic oxidation sites excluding steroid dienone is 1. The summed E-state index contributed by atoms with van der Waals surface area (Å²) in [4.78, 5) is 73.9. The highest BCUT2D eigenvalue weighted by Gasteiger charge is 2.37.